The second-order valence-corrected chi connectivity index (χ2v) is 1.21. The van der Waals surface area contributed by atoms with Gasteiger partial charge in [-0.15, -0.1) is 0 Å². The molecule has 4 nitrogen and oxygen atoms in total. The summed E-state index contributed by atoms with van der Waals surface area (Å²) in [4.78, 5) is 13.3. The van der Waals surface area contributed by atoms with Gasteiger partial charge < -0.3 is 12.5 Å². The summed E-state index contributed by atoms with van der Waals surface area (Å²) < 4.78 is 0. The molecule has 0 aliphatic rings. The minimum Gasteiger partial charge on any atom is -1.00 e. The third-order valence-corrected chi connectivity index (χ3v) is 0.556. The van der Waals surface area contributed by atoms with Crippen molar-refractivity contribution >= 4 is 5.97 Å². The standard InChI is InChI=1S/C4H8O3.H3N.Na.H/c1-2-3-4(5)7-6;;;/h6H,2-3H2,1H3;1H3;;/q;;+1;-1. The molecule has 0 aromatic heterocycles. The molecule has 0 aliphatic carbocycles. The second-order valence-electron chi connectivity index (χ2n) is 1.21. The van der Waals surface area contributed by atoms with Gasteiger partial charge in [-0.1, -0.05) is 6.92 Å². The number of rotatable bonds is 2. The third-order valence-electron chi connectivity index (χ3n) is 0.556. The average molecular weight is 145 g/mol. The predicted octanol–water partition coefficient (Wildman–Crippen LogP) is -1.92. The summed E-state index contributed by atoms with van der Waals surface area (Å²) in [6.45, 7) is 1.83. The molecule has 0 radical (unpaired) electrons. The second kappa shape index (κ2) is 11.2. The molecule has 0 aliphatic heterocycles. The molecule has 5 heteroatoms. The van der Waals surface area contributed by atoms with Crippen LogP contribution in [0.25, 0.3) is 0 Å². The summed E-state index contributed by atoms with van der Waals surface area (Å²) in [7, 11) is 0. The number of carbonyl (C=O) groups is 1. The number of hydrogen-bond acceptors (Lipinski definition) is 4. The van der Waals surface area contributed by atoms with E-state index in [9.17, 15) is 4.79 Å². The summed E-state index contributed by atoms with van der Waals surface area (Å²) >= 11 is 0. The molecule has 0 aromatic carbocycles. The van der Waals surface area contributed by atoms with Crippen LogP contribution in [0.2, 0.25) is 0 Å². The van der Waals surface area contributed by atoms with Gasteiger partial charge in [0.05, 0.1) is 0 Å². The van der Waals surface area contributed by atoms with Gasteiger partial charge in [0.1, 0.15) is 0 Å². The molecule has 4 N–H and O–H groups in total. The van der Waals surface area contributed by atoms with Crippen LogP contribution in [-0.2, 0) is 9.68 Å². The first-order valence-corrected chi connectivity index (χ1v) is 2.15. The van der Waals surface area contributed by atoms with Crippen molar-refractivity contribution in [2.24, 2.45) is 0 Å². The average Bonchev–Trinajstić information content (AvgIpc) is 1.68. The van der Waals surface area contributed by atoms with Crippen LogP contribution in [0.15, 0.2) is 0 Å². The maximum atomic E-state index is 9.94. The monoisotopic (exact) mass is 145 g/mol. The van der Waals surface area contributed by atoms with Crippen molar-refractivity contribution in [3.05, 3.63) is 0 Å². The fraction of sp³-hybridized carbons (Fsp3) is 0.750. The van der Waals surface area contributed by atoms with E-state index in [1.807, 2.05) is 6.92 Å². The zero-order valence-electron chi connectivity index (χ0n) is 6.89. The number of carbonyl (C=O) groups excluding carboxylic acids is 1. The van der Waals surface area contributed by atoms with Crippen LogP contribution >= 0.6 is 0 Å². The van der Waals surface area contributed by atoms with Crippen molar-refractivity contribution in [1.29, 1.82) is 0 Å². The molecule has 0 spiro atoms. The van der Waals surface area contributed by atoms with E-state index in [2.05, 4.69) is 4.89 Å². The van der Waals surface area contributed by atoms with Crippen LogP contribution < -0.4 is 35.7 Å². The fourth-order valence-corrected chi connectivity index (χ4v) is 0.250. The van der Waals surface area contributed by atoms with Gasteiger partial charge in [0.2, 0.25) is 0 Å². The molecule has 0 fully saturated rings. The predicted molar refractivity (Wildman–Crippen MR) is 29.8 cm³/mol. The van der Waals surface area contributed by atoms with E-state index in [1.54, 1.807) is 0 Å². The maximum absolute atomic E-state index is 9.94. The van der Waals surface area contributed by atoms with Crippen LogP contribution in [0.5, 0.6) is 0 Å². The molecule has 0 unspecified atom stereocenters. The summed E-state index contributed by atoms with van der Waals surface area (Å²) in [5, 5.41) is 7.62. The molecule has 0 rings (SSSR count). The van der Waals surface area contributed by atoms with Crippen molar-refractivity contribution in [2.45, 2.75) is 19.8 Å². The van der Waals surface area contributed by atoms with Crippen molar-refractivity contribution in [1.82, 2.24) is 6.15 Å². The van der Waals surface area contributed by atoms with Gasteiger partial charge in [0, 0.05) is 6.42 Å². The summed E-state index contributed by atoms with van der Waals surface area (Å²) in [5.74, 6) is -0.567. The minimum atomic E-state index is -0.567. The Morgan fingerprint density at radius 1 is 1.78 bits per heavy atom. The smallest absolute Gasteiger partial charge is 1.00 e. The Morgan fingerprint density at radius 3 is 2.33 bits per heavy atom. The summed E-state index contributed by atoms with van der Waals surface area (Å²) in [5.41, 5.74) is 0. The van der Waals surface area contributed by atoms with Crippen molar-refractivity contribution in [3.8, 4) is 0 Å². The Hall–Kier alpha value is 0.390. The molecular weight excluding hydrogens is 133 g/mol. The maximum Gasteiger partial charge on any atom is 1.00 e. The Kier molecular flexibility index (Phi) is 20.2. The van der Waals surface area contributed by atoms with E-state index >= 15 is 0 Å². The van der Waals surface area contributed by atoms with E-state index in [4.69, 9.17) is 5.26 Å². The molecule has 0 saturated carbocycles. The van der Waals surface area contributed by atoms with Crippen LogP contribution in [0.1, 0.15) is 21.2 Å². The molecule has 0 saturated heterocycles. The normalized spacial score (nSPS) is 6.44. The van der Waals surface area contributed by atoms with Gasteiger partial charge in [-0.05, 0) is 6.42 Å². The molecule has 0 bridgehead atoms. The van der Waals surface area contributed by atoms with Crippen LogP contribution in [0.3, 0.4) is 0 Å². The number of hydrogen-bond donors (Lipinski definition) is 2. The quantitative estimate of drug-likeness (QED) is 0.269. The summed E-state index contributed by atoms with van der Waals surface area (Å²) in [6, 6.07) is 0. The Bertz CT molecular complexity index is 73.5. The van der Waals surface area contributed by atoms with E-state index in [1.165, 1.54) is 0 Å². The first-order valence-electron chi connectivity index (χ1n) is 2.15. The largest absolute Gasteiger partial charge is 1.00 e. The Balaban J connectivity index is -0.0000000600. The molecular formula is C4H12NNaO3. The SMILES string of the molecule is CCCC(=O)OO.N.[H-].[Na+]. The molecule has 0 amide bonds. The van der Waals surface area contributed by atoms with Gasteiger partial charge in [-0.25, -0.2) is 4.79 Å². The third kappa shape index (κ3) is 11.8. The van der Waals surface area contributed by atoms with Gasteiger partial charge in [0.15, 0.2) is 0 Å². The minimum absolute atomic E-state index is 0. The van der Waals surface area contributed by atoms with E-state index < -0.39 is 5.97 Å². The van der Waals surface area contributed by atoms with Gasteiger partial charge in [-0.3, -0.25) is 0 Å². The van der Waals surface area contributed by atoms with Crippen LogP contribution in [0, 0.1) is 0 Å². The molecule has 9 heavy (non-hydrogen) atoms. The molecule has 0 heterocycles. The van der Waals surface area contributed by atoms with Crippen LogP contribution in [0.4, 0.5) is 0 Å². The molecule has 52 valence electrons. The van der Waals surface area contributed by atoms with E-state index in [-0.39, 0.29) is 43.6 Å². The van der Waals surface area contributed by atoms with Crippen molar-refractivity contribution in [3.63, 3.8) is 0 Å². The van der Waals surface area contributed by atoms with Crippen molar-refractivity contribution < 1.29 is 45.9 Å². The van der Waals surface area contributed by atoms with Gasteiger partial charge in [-0.2, -0.15) is 5.26 Å². The van der Waals surface area contributed by atoms with E-state index in [0.29, 0.717) is 6.42 Å². The first kappa shape index (κ1) is 16.2. The zero-order chi connectivity index (χ0) is 5.70. The van der Waals surface area contributed by atoms with Crippen LogP contribution in [-0.4, -0.2) is 11.2 Å². The van der Waals surface area contributed by atoms with Gasteiger partial charge in [0.25, 0.3) is 0 Å². The molecule has 0 atom stereocenters. The zero-order valence-corrected chi connectivity index (χ0v) is 7.89. The Labute approximate surface area is 77.9 Å². The topological polar surface area (TPSA) is 81.5 Å². The first-order chi connectivity index (χ1) is 3.31. The Morgan fingerprint density at radius 2 is 2.22 bits per heavy atom. The van der Waals surface area contributed by atoms with Gasteiger partial charge >= 0.3 is 35.5 Å². The van der Waals surface area contributed by atoms with E-state index in [0.717, 1.165) is 0 Å². The fourth-order valence-electron chi connectivity index (χ4n) is 0.250. The molecule has 0 aromatic rings. The van der Waals surface area contributed by atoms with Crippen molar-refractivity contribution in [2.75, 3.05) is 0 Å². The summed E-state index contributed by atoms with van der Waals surface area (Å²) in [6.07, 6.45) is 0.996.